The van der Waals surface area contributed by atoms with E-state index in [2.05, 4.69) is 31.3 Å². The summed E-state index contributed by atoms with van der Waals surface area (Å²) in [4.78, 5) is 43.9. The highest BCUT2D eigenvalue weighted by molar-refractivity contribution is 5.81. The molecule has 10 rings (SSSR count). The minimum Gasteiger partial charge on any atom is -0.394 e. The van der Waals surface area contributed by atoms with E-state index in [-0.39, 0.29) is 49.1 Å². The average Bonchev–Trinajstić information content (AvgIpc) is 1.86. The lowest BCUT2D eigenvalue weighted by Gasteiger charge is -2.49. The van der Waals surface area contributed by atoms with Gasteiger partial charge >= 0.3 is 0 Å². The number of nitrogens with zero attached hydrogens (tertiary/aromatic N) is 7. The number of hydrogen-bond acceptors (Lipinski definition) is 22. The summed E-state index contributed by atoms with van der Waals surface area (Å²) < 4.78 is 88.7. The number of benzene rings is 2. The molecule has 0 radical (unpaired) electrons. The molecule has 10 N–H and O–H groups in total. The molecule has 2 aliphatic carbocycles. The maximum Gasteiger partial charge on any atom is 0.251 e. The van der Waals surface area contributed by atoms with Gasteiger partial charge in [-0.05, 0) is 50.7 Å². The van der Waals surface area contributed by atoms with Gasteiger partial charge in [0.15, 0.2) is 36.3 Å². The number of rotatable bonds is 21. The Morgan fingerprint density at radius 3 is 2.05 bits per heavy atom. The van der Waals surface area contributed by atoms with Gasteiger partial charge in [0.1, 0.15) is 90.6 Å². The van der Waals surface area contributed by atoms with Crippen LogP contribution in [0.25, 0.3) is 22.5 Å². The van der Waals surface area contributed by atoms with Gasteiger partial charge in [0.25, 0.3) is 5.91 Å². The average molecular weight is 1230 g/mol. The predicted octanol–water partition coefficient (Wildman–Crippen LogP) is -0.478. The molecular formula is C57H76F3N9O18. The molecule has 4 aliphatic heterocycles. The number of nitrogens with one attached hydrogen (secondary N) is 2. The number of carbonyl (C=O) groups excluding carboxylic acids is 3. The van der Waals surface area contributed by atoms with Crippen LogP contribution in [0, 0.1) is 29.3 Å². The van der Waals surface area contributed by atoms with Gasteiger partial charge in [0, 0.05) is 43.6 Å². The van der Waals surface area contributed by atoms with Crippen molar-refractivity contribution in [3.05, 3.63) is 72.3 Å². The summed E-state index contributed by atoms with van der Waals surface area (Å²) in [5.74, 6) is -7.10. The van der Waals surface area contributed by atoms with Crippen LogP contribution in [0.3, 0.4) is 0 Å². The van der Waals surface area contributed by atoms with E-state index in [1.807, 2.05) is 6.07 Å². The van der Waals surface area contributed by atoms with Crippen LogP contribution in [0.2, 0.25) is 0 Å². The molecule has 20 atom stereocenters. The van der Waals surface area contributed by atoms with Crippen molar-refractivity contribution in [2.75, 3.05) is 39.5 Å². The number of aliphatic hydroxyl groups excluding tert-OH is 8. The third kappa shape index (κ3) is 14.3. The van der Waals surface area contributed by atoms with Crippen LogP contribution in [0.15, 0.2) is 54.9 Å². The van der Waals surface area contributed by atoms with Crippen molar-refractivity contribution in [3.8, 4) is 22.5 Å². The fraction of sp³-hybridized carbons (Fsp3) is 0.667. The number of ether oxygens (including phenoxy) is 7. The largest absolute Gasteiger partial charge is 0.394 e. The number of aliphatic hydroxyl groups is 8. The van der Waals surface area contributed by atoms with Gasteiger partial charge in [-0.3, -0.25) is 14.4 Å². The van der Waals surface area contributed by atoms with Gasteiger partial charge in [-0.2, -0.15) is 0 Å². The summed E-state index contributed by atoms with van der Waals surface area (Å²) in [6.45, 7) is 1.54. The van der Waals surface area contributed by atoms with E-state index in [4.69, 9.17) is 33.2 Å². The first-order valence-corrected chi connectivity index (χ1v) is 29.5. The van der Waals surface area contributed by atoms with E-state index in [1.54, 1.807) is 35.4 Å². The number of halogens is 3. The Kier molecular flexibility index (Phi) is 21.0. The van der Waals surface area contributed by atoms with Crippen molar-refractivity contribution in [1.29, 1.82) is 0 Å². The van der Waals surface area contributed by atoms with Crippen LogP contribution in [-0.2, 0) is 47.5 Å². The number of likely N-dealkylation sites (tertiary alicyclic amines) is 1. The number of aromatic nitrogens is 6. The highest BCUT2D eigenvalue weighted by Crippen LogP contribution is 2.42. The lowest BCUT2D eigenvalue weighted by atomic mass is 9.80. The summed E-state index contributed by atoms with van der Waals surface area (Å²) in [6.07, 6.45) is -15.8. The maximum absolute atomic E-state index is 14.7. The number of carbonyl (C=O) groups is 3. The maximum atomic E-state index is 14.7. The highest BCUT2D eigenvalue weighted by atomic mass is 19.2. The zero-order chi connectivity index (χ0) is 61.8. The summed E-state index contributed by atoms with van der Waals surface area (Å²) in [7, 11) is 0. The van der Waals surface area contributed by atoms with Gasteiger partial charge in [-0.15, -0.1) is 10.2 Å². The minimum absolute atomic E-state index is 0.0938. The second-order valence-electron chi connectivity index (χ2n) is 23.3. The number of amides is 3. The molecule has 6 fully saturated rings. The SMILES string of the molecule is CC(=O)NC1C(O[C@@H](CC2CCCCC2)C(=O)N2CCC2)[C@@H](O)C(CO)O[C@H]1O[C@@H]1CC(C(=O)NCCO[C@H]2OC(CO)[C@@H](O)C(n3cc(-c4cc(F)c(F)c(F)c4)nn3)C2O)CC(n2cc(-c3ccccc3)nn2)C1O[C@@H]1OC(C)[C@@H](O)C(O)C1O. The van der Waals surface area contributed by atoms with E-state index >= 15 is 0 Å². The molecule has 30 heteroatoms. The molecule has 3 amide bonds. The zero-order valence-electron chi connectivity index (χ0n) is 47.9. The lowest BCUT2D eigenvalue weighted by Crippen LogP contribution is -2.67. The molecule has 6 aliphatic rings. The van der Waals surface area contributed by atoms with E-state index in [1.165, 1.54) is 18.5 Å². The van der Waals surface area contributed by atoms with Gasteiger partial charge in [0.05, 0.1) is 50.5 Å². The molecule has 0 spiro atoms. The van der Waals surface area contributed by atoms with Crippen LogP contribution in [-0.4, -0.2) is 237 Å². The molecule has 0 bridgehead atoms. The van der Waals surface area contributed by atoms with Crippen molar-refractivity contribution in [2.45, 2.75) is 188 Å². The molecule has 12 unspecified atom stereocenters. The first-order chi connectivity index (χ1) is 41.8. The van der Waals surface area contributed by atoms with Crippen molar-refractivity contribution in [2.24, 2.45) is 11.8 Å². The summed E-state index contributed by atoms with van der Waals surface area (Å²) in [5, 5.41) is 111. The predicted molar refractivity (Wildman–Crippen MR) is 291 cm³/mol. The Morgan fingerprint density at radius 1 is 0.724 bits per heavy atom. The fourth-order valence-corrected chi connectivity index (χ4v) is 12.5. The molecule has 478 valence electrons. The van der Waals surface area contributed by atoms with Gasteiger partial charge < -0.3 is 89.5 Å². The molecule has 2 aromatic heterocycles. The van der Waals surface area contributed by atoms with Crippen molar-refractivity contribution in [3.63, 3.8) is 0 Å². The molecule has 2 aromatic carbocycles. The Balaban J connectivity index is 0.931. The van der Waals surface area contributed by atoms with E-state index in [9.17, 15) is 68.4 Å². The second kappa shape index (κ2) is 28.4. The molecule has 4 aromatic rings. The first kappa shape index (κ1) is 64.3. The van der Waals surface area contributed by atoms with Crippen molar-refractivity contribution in [1.82, 2.24) is 45.5 Å². The van der Waals surface area contributed by atoms with Gasteiger partial charge in [-0.1, -0.05) is 72.9 Å². The topological polar surface area (TPSA) is 366 Å². The standard InChI is InChI=1S/C57H76F3N9O18/c1-27-45(73)49(77)50(78)57(82-27)87-51-37(68-23-35(63-65-68)30-12-7-4-8-13-30)21-32(53(79)61-14-17-81-56-48(76)44(46(74)40(25-70)86-56)69-24-36(64-66-69)31-19-33(58)42(60)34(59)20-31)22-38(51)84-55-43(62-28(2)72)52(47(75)41(26-71)85-55)83-39(54(80)67-15-9-16-67)18-29-10-5-3-6-11-29/h4,7-8,12-13,19-20,23-24,27,29,32,37-41,43-52,55-57,70-71,73-78H,3,5-6,9-11,14-18,21-22,25-26H2,1-2H3,(H,61,79)(H,62,72)/t27?,32?,37?,38-,39+,40?,41?,43?,44?,45-,46-,47+,48?,49?,50?,51?,52?,55-,56+,57+/m1/s1. The Hall–Kier alpha value is -5.68. The Labute approximate surface area is 497 Å². The second-order valence-corrected chi connectivity index (χ2v) is 23.3. The van der Waals surface area contributed by atoms with Crippen LogP contribution < -0.4 is 10.6 Å². The summed E-state index contributed by atoms with van der Waals surface area (Å²) in [5.41, 5.74) is 0.710. The van der Waals surface area contributed by atoms with Crippen LogP contribution in [0.5, 0.6) is 0 Å². The van der Waals surface area contributed by atoms with Gasteiger partial charge in [-0.25, -0.2) is 22.5 Å². The van der Waals surface area contributed by atoms with Crippen LogP contribution in [0.4, 0.5) is 13.2 Å². The zero-order valence-corrected chi connectivity index (χ0v) is 47.9. The van der Waals surface area contributed by atoms with E-state index < -0.39 is 165 Å². The smallest absolute Gasteiger partial charge is 0.251 e. The summed E-state index contributed by atoms with van der Waals surface area (Å²) >= 11 is 0. The first-order valence-electron chi connectivity index (χ1n) is 29.5. The minimum atomic E-state index is -1.84. The number of hydrogen-bond donors (Lipinski definition) is 10. The Bertz CT molecular complexity index is 2920. The monoisotopic (exact) mass is 1230 g/mol. The van der Waals surface area contributed by atoms with E-state index in [0.717, 1.165) is 49.4 Å². The highest BCUT2D eigenvalue weighted by Gasteiger charge is 2.54. The van der Waals surface area contributed by atoms with Crippen LogP contribution in [0.1, 0.15) is 83.7 Å². The molecule has 2 saturated carbocycles. The normalized spacial score (nSPS) is 34.4. The molecule has 4 saturated heterocycles. The van der Waals surface area contributed by atoms with Crippen molar-refractivity contribution >= 4 is 17.7 Å². The molecular weight excluding hydrogens is 1160 g/mol. The van der Waals surface area contributed by atoms with Gasteiger partial charge in [0.2, 0.25) is 11.8 Å². The fourth-order valence-electron chi connectivity index (χ4n) is 12.5. The Morgan fingerprint density at radius 2 is 1.38 bits per heavy atom. The molecule has 27 nitrogen and oxygen atoms in total. The van der Waals surface area contributed by atoms with Crippen LogP contribution >= 0.6 is 0 Å². The third-order valence-corrected chi connectivity index (χ3v) is 17.4. The quantitative estimate of drug-likeness (QED) is 0.0372. The molecule has 6 heterocycles. The lowest BCUT2D eigenvalue weighted by molar-refractivity contribution is -0.337. The van der Waals surface area contributed by atoms with Crippen molar-refractivity contribution < 1.29 is 102 Å². The molecule has 87 heavy (non-hydrogen) atoms. The van der Waals surface area contributed by atoms with E-state index in [0.29, 0.717) is 42.9 Å². The summed E-state index contributed by atoms with van der Waals surface area (Å²) in [6, 6.07) is 6.49. The third-order valence-electron chi connectivity index (χ3n) is 17.4.